The molecule has 0 aromatic carbocycles. The van der Waals surface area contributed by atoms with Crippen molar-refractivity contribution in [3.63, 3.8) is 0 Å². The Balaban J connectivity index is 2.75. The van der Waals surface area contributed by atoms with E-state index in [1.807, 2.05) is 5.48 Å². The first kappa shape index (κ1) is 5.88. The lowest BCUT2D eigenvalue weighted by atomic mass is 10.6. The summed E-state index contributed by atoms with van der Waals surface area (Å²) in [7, 11) is 1.76. The Kier molecular flexibility index (Phi) is 3.02. The summed E-state index contributed by atoms with van der Waals surface area (Å²) in [4.78, 5) is 0. The molecule has 0 spiro atoms. The van der Waals surface area contributed by atoms with Crippen molar-refractivity contribution in [2.75, 3.05) is 7.05 Å². The molecule has 0 saturated heterocycles. The van der Waals surface area contributed by atoms with E-state index in [1.54, 1.807) is 14.0 Å². The number of nitrogens with one attached hydrogen (secondary N) is 2. The SMILES string of the molecule is CNC(C)NO. The van der Waals surface area contributed by atoms with Crippen molar-refractivity contribution in [3.05, 3.63) is 0 Å². The quantitative estimate of drug-likeness (QED) is 0.317. The molecule has 0 aliphatic rings. The van der Waals surface area contributed by atoms with E-state index < -0.39 is 0 Å². The van der Waals surface area contributed by atoms with Gasteiger partial charge in [0.15, 0.2) is 0 Å². The predicted molar refractivity (Wildman–Crippen MR) is 23.4 cm³/mol. The Labute approximate surface area is 37.3 Å². The van der Waals surface area contributed by atoms with Gasteiger partial charge in [0.25, 0.3) is 0 Å². The molecule has 0 heterocycles. The lowest BCUT2D eigenvalue weighted by Crippen LogP contribution is -2.34. The van der Waals surface area contributed by atoms with Crippen LogP contribution in [0.2, 0.25) is 0 Å². The minimum Gasteiger partial charge on any atom is -0.315 e. The largest absolute Gasteiger partial charge is 0.315 e. The van der Waals surface area contributed by atoms with E-state index in [9.17, 15) is 0 Å². The van der Waals surface area contributed by atoms with Crippen LogP contribution in [0, 0.1) is 0 Å². The highest BCUT2D eigenvalue weighted by molar-refractivity contribution is 4.40. The number of hydrogen-bond donors (Lipinski definition) is 3. The van der Waals surface area contributed by atoms with E-state index in [0.717, 1.165) is 0 Å². The average Bonchev–Trinajstić information content (AvgIpc) is 1.65. The van der Waals surface area contributed by atoms with Crippen molar-refractivity contribution in [1.82, 2.24) is 10.8 Å². The number of hydrogen-bond acceptors (Lipinski definition) is 3. The lowest BCUT2D eigenvalue weighted by molar-refractivity contribution is 0.122. The molecule has 0 aliphatic heterocycles. The summed E-state index contributed by atoms with van der Waals surface area (Å²) in [5, 5.41) is 10.8. The van der Waals surface area contributed by atoms with Gasteiger partial charge in [-0.15, -0.1) is 0 Å². The fraction of sp³-hybridized carbons (Fsp3) is 1.00. The number of rotatable bonds is 2. The fourth-order valence-corrected chi connectivity index (χ4v) is 0.0645. The Morgan fingerprint density at radius 2 is 2.17 bits per heavy atom. The van der Waals surface area contributed by atoms with Crippen LogP contribution in [0.25, 0.3) is 0 Å². The van der Waals surface area contributed by atoms with Gasteiger partial charge in [-0.05, 0) is 14.0 Å². The van der Waals surface area contributed by atoms with Crippen LogP contribution in [0.3, 0.4) is 0 Å². The molecule has 0 aromatic heterocycles. The van der Waals surface area contributed by atoms with Crippen LogP contribution >= 0.6 is 0 Å². The van der Waals surface area contributed by atoms with E-state index in [2.05, 4.69) is 5.32 Å². The summed E-state index contributed by atoms with van der Waals surface area (Å²) in [5.74, 6) is 0. The predicted octanol–water partition coefficient (Wildman–Crippen LogP) is -0.469. The van der Waals surface area contributed by atoms with Crippen molar-refractivity contribution < 1.29 is 5.21 Å². The molecular weight excluding hydrogens is 80.0 g/mol. The Morgan fingerprint density at radius 3 is 2.17 bits per heavy atom. The number of hydroxylamine groups is 1. The second-order valence-electron chi connectivity index (χ2n) is 1.14. The molecule has 0 bridgehead atoms. The third kappa shape index (κ3) is 2.14. The van der Waals surface area contributed by atoms with Gasteiger partial charge in [-0.3, -0.25) is 0 Å². The molecule has 0 fully saturated rings. The van der Waals surface area contributed by atoms with Crippen molar-refractivity contribution in [3.8, 4) is 0 Å². The van der Waals surface area contributed by atoms with Gasteiger partial charge in [0, 0.05) is 0 Å². The molecule has 0 aromatic rings. The summed E-state index contributed by atoms with van der Waals surface area (Å²) in [5.41, 5.74) is 2.00. The Bertz CT molecular complexity index is 28.0. The zero-order chi connectivity index (χ0) is 4.99. The maximum Gasteiger partial charge on any atom is 0.0778 e. The summed E-state index contributed by atoms with van der Waals surface area (Å²) in [6, 6.07) is 0. The second kappa shape index (κ2) is 3.08. The summed E-state index contributed by atoms with van der Waals surface area (Å²) < 4.78 is 0. The highest BCUT2D eigenvalue weighted by Crippen LogP contribution is 1.61. The monoisotopic (exact) mass is 90.1 g/mol. The molecule has 1 atom stereocenters. The molecule has 0 rings (SSSR count). The lowest BCUT2D eigenvalue weighted by Gasteiger charge is -2.03. The highest BCUT2D eigenvalue weighted by Gasteiger charge is 1.86. The van der Waals surface area contributed by atoms with Gasteiger partial charge in [-0.1, -0.05) is 0 Å². The van der Waals surface area contributed by atoms with Gasteiger partial charge < -0.3 is 10.5 Å². The normalized spacial score (nSPS) is 14.5. The molecule has 3 N–H and O–H groups in total. The smallest absolute Gasteiger partial charge is 0.0778 e. The van der Waals surface area contributed by atoms with E-state index >= 15 is 0 Å². The van der Waals surface area contributed by atoms with Gasteiger partial charge in [0.1, 0.15) is 0 Å². The molecule has 0 radical (unpaired) electrons. The first-order valence-corrected chi connectivity index (χ1v) is 1.88. The second-order valence-corrected chi connectivity index (χ2v) is 1.14. The molecule has 3 nitrogen and oxygen atoms in total. The minimum absolute atomic E-state index is 0.00926. The van der Waals surface area contributed by atoms with Crippen LogP contribution in [-0.4, -0.2) is 18.4 Å². The maximum absolute atomic E-state index is 8.02. The van der Waals surface area contributed by atoms with Gasteiger partial charge in [0.05, 0.1) is 6.17 Å². The van der Waals surface area contributed by atoms with E-state index in [4.69, 9.17) is 5.21 Å². The van der Waals surface area contributed by atoms with Crippen molar-refractivity contribution in [2.45, 2.75) is 13.1 Å². The van der Waals surface area contributed by atoms with Crippen molar-refractivity contribution >= 4 is 0 Å². The zero-order valence-electron chi connectivity index (χ0n) is 4.02. The molecule has 6 heavy (non-hydrogen) atoms. The first-order valence-electron chi connectivity index (χ1n) is 1.88. The van der Waals surface area contributed by atoms with Gasteiger partial charge in [-0.2, -0.15) is 5.48 Å². The third-order valence-electron chi connectivity index (χ3n) is 0.627. The fourth-order valence-electron chi connectivity index (χ4n) is 0.0645. The van der Waals surface area contributed by atoms with E-state index in [0.29, 0.717) is 0 Å². The molecule has 38 valence electrons. The average molecular weight is 90.1 g/mol. The van der Waals surface area contributed by atoms with Gasteiger partial charge >= 0.3 is 0 Å². The third-order valence-corrected chi connectivity index (χ3v) is 0.627. The molecule has 3 heteroatoms. The highest BCUT2D eigenvalue weighted by atomic mass is 16.5. The van der Waals surface area contributed by atoms with Gasteiger partial charge in [0.2, 0.25) is 0 Å². The van der Waals surface area contributed by atoms with Crippen LogP contribution in [-0.2, 0) is 0 Å². The maximum atomic E-state index is 8.02. The Hall–Kier alpha value is -0.120. The van der Waals surface area contributed by atoms with Crippen molar-refractivity contribution in [1.29, 1.82) is 0 Å². The standard InChI is InChI=1S/C3H10N2O/c1-3(4-2)5-6/h3-6H,1-2H3. The van der Waals surface area contributed by atoms with Crippen LogP contribution in [0.1, 0.15) is 6.92 Å². The topological polar surface area (TPSA) is 44.3 Å². The van der Waals surface area contributed by atoms with E-state index in [-0.39, 0.29) is 6.17 Å². The Morgan fingerprint density at radius 1 is 1.67 bits per heavy atom. The first-order chi connectivity index (χ1) is 2.81. The molecular formula is C3H10N2O. The van der Waals surface area contributed by atoms with Crippen LogP contribution in [0.5, 0.6) is 0 Å². The minimum atomic E-state index is -0.00926. The van der Waals surface area contributed by atoms with Crippen LogP contribution in [0.15, 0.2) is 0 Å². The summed E-state index contributed by atoms with van der Waals surface area (Å²) in [6.45, 7) is 1.81. The van der Waals surface area contributed by atoms with E-state index in [1.165, 1.54) is 0 Å². The zero-order valence-corrected chi connectivity index (χ0v) is 4.02. The summed E-state index contributed by atoms with van der Waals surface area (Å²) in [6.07, 6.45) is -0.00926. The summed E-state index contributed by atoms with van der Waals surface area (Å²) >= 11 is 0. The molecule has 0 aliphatic carbocycles. The van der Waals surface area contributed by atoms with Crippen LogP contribution in [0.4, 0.5) is 0 Å². The van der Waals surface area contributed by atoms with Gasteiger partial charge in [-0.25, -0.2) is 0 Å². The molecule has 0 amide bonds. The van der Waals surface area contributed by atoms with Crippen LogP contribution < -0.4 is 10.8 Å². The molecule has 1 unspecified atom stereocenters. The van der Waals surface area contributed by atoms with Crippen molar-refractivity contribution in [2.24, 2.45) is 0 Å². The molecule has 0 saturated carbocycles.